The molecule has 1 amide bonds. The maximum Gasteiger partial charge on any atom is 0.410 e. The molecule has 2 atom stereocenters. The van der Waals surface area contributed by atoms with Crippen molar-refractivity contribution in [1.29, 1.82) is 0 Å². The number of aliphatic hydroxyl groups is 1. The van der Waals surface area contributed by atoms with Crippen molar-refractivity contribution in [1.82, 2.24) is 24.9 Å². The number of ether oxygens (including phenoxy) is 1. The normalized spacial score (nSPS) is 20.6. The first-order valence-corrected chi connectivity index (χ1v) is 14.6. The van der Waals surface area contributed by atoms with E-state index in [1.807, 2.05) is 39.0 Å². The molecule has 3 aromatic rings. The van der Waals surface area contributed by atoms with Crippen molar-refractivity contribution in [3.8, 4) is 11.4 Å². The van der Waals surface area contributed by atoms with Crippen molar-refractivity contribution >= 4 is 6.09 Å². The molecule has 0 bridgehead atoms. The van der Waals surface area contributed by atoms with E-state index >= 15 is 0 Å². The molecule has 0 unspecified atom stereocenters. The highest BCUT2D eigenvalue weighted by atomic mass is 16.6. The molecule has 0 spiro atoms. The van der Waals surface area contributed by atoms with Crippen LogP contribution >= 0.6 is 0 Å². The molecular weight excluding hydrogens is 518 g/mol. The molecule has 9 heteroatoms. The van der Waals surface area contributed by atoms with Crippen molar-refractivity contribution in [2.24, 2.45) is 11.3 Å². The van der Waals surface area contributed by atoms with Gasteiger partial charge >= 0.3 is 6.09 Å². The molecule has 2 aromatic heterocycles. The van der Waals surface area contributed by atoms with E-state index in [2.05, 4.69) is 60.0 Å². The summed E-state index contributed by atoms with van der Waals surface area (Å²) >= 11 is 0. The van der Waals surface area contributed by atoms with Gasteiger partial charge in [0.2, 0.25) is 11.7 Å². The number of pyridine rings is 1. The van der Waals surface area contributed by atoms with Crippen molar-refractivity contribution in [2.75, 3.05) is 33.2 Å². The highest BCUT2D eigenvalue weighted by Crippen LogP contribution is 2.50. The van der Waals surface area contributed by atoms with Gasteiger partial charge in [-0.15, -0.1) is 0 Å². The van der Waals surface area contributed by atoms with E-state index in [0.717, 1.165) is 25.1 Å². The standard InChI is InChI=1S/C32H43N5O4/c1-21(2)23-8-10-25(11-9-23)32(39,31(6)19-36(7)20-31)26-15-24(16-33-17-26)28-34-27(41-35-28)14-22-12-13-37(18-22)29(38)40-30(3,4)5/h8-11,15-17,21-22,39H,12-14,18-20H2,1-7H3/t22-,32+/m1/s1. The largest absolute Gasteiger partial charge is 0.444 e. The van der Waals surface area contributed by atoms with Crippen LogP contribution in [0.2, 0.25) is 0 Å². The number of carbonyl (C=O) groups excluding carboxylic acids is 1. The Morgan fingerprint density at radius 3 is 2.51 bits per heavy atom. The lowest BCUT2D eigenvalue weighted by Crippen LogP contribution is -2.63. The zero-order chi connectivity index (χ0) is 29.6. The fraction of sp³-hybridized carbons (Fsp3) is 0.562. The Labute approximate surface area is 242 Å². The van der Waals surface area contributed by atoms with Crippen LogP contribution in [0.15, 0.2) is 47.2 Å². The SMILES string of the molecule is CC(C)c1ccc([C@](O)(c2cncc(-c3noc(C[C@H]4CCN(C(=O)OC(C)(C)C)C4)n3)c2)C2(C)CN(C)C2)cc1. The van der Waals surface area contributed by atoms with Crippen molar-refractivity contribution < 1.29 is 19.2 Å². The van der Waals surface area contributed by atoms with Crippen LogP contribution in [0.3, 0.4) is 0 Å². The monoisotopic (exact) mass is 561 g/mol. The van der Waals surface area contributed by atoms with Gasteiger partial charge in [-0.25, -0.2) is 4.79 Å². The summed E-state index contributed by atoms with van der Waals surface area (Å²) in [4.78, 5) is 25.6. The Hall–Kier alpha value is -3.30. The number of rotatable bonds is 7. The summed E-state index contributed by atoms with van der Waals surface area (Å²) in [6.07, 6.45) is 4.59. The smallest absolute Gasteiger partial charge is 0.410 e. The average Bonchev–Trinajstić information content (AvgIpc) is 3.57. The van der Waals surface area contributed by atoms with Gasteiger partial charge in [0.15, 0.2) is 0 Å². The number of hydrogen-bond donors (Lipinski definition) is 1. The highest BCUT2D eigenvalue weighted by Gasteiger charge is 2.55. The summed E-state index contributed by atoms with van der Waals surface area (Å²) in [5, 5.41) is 16.8. The molecule has 0 saturated carbocycles. The van der Waals surface area contributed by atoms with E-state index in [1.165, 1.54) is 5.56 Å². The Morgan fingerprint density at radius 1 is 1.17 bits per heavy atom. The lowest BCUT2D eigenvalue weighted by molar-refractivity contribution is -0.127. The van der Waals surface area contributed by atoms with Crippen molar-refractivity contribution in [3.05, 3.63) is 65.3 Å². The summed E-state index contributed by atoms with van der Waals surface area (Å²) in [5.41, 5.74) is 1.31. The maximum absolute atomic E-state index is 12.5. The lowest BCUT2D eigenvalue weighted by atomic mass is 9.62. The third-order valence-electron chi connectivity index (χ3n) is 8.39. The summed E-state index contributed by atoms with van der Waals surface area (Å²) in [5.74, 6) is 1.58. The summed E-state index contributed by atoms with van der Waals surface area (Å²) < 4.78 is 11.1. The number of benzene rings is 1. The van der Waals surface area contributed by atoms with Gasteiger partial charge in [0.05, 0.1) is 0 Å². The molecule has 220 valence electrons. The molecule has 2 aliphatic rings. The second-order valence-electron chi connectivity index (χ2n) is 13.5. The minimum atomic E-state index is -1.25. The van der Waals surface area contributed by atoms with Gasteiger partial charge in [0, 0.05) is 61.5 Å². The van der Waals surface area contributed by atoms with Gasteiger partial charge in [0.1, 0.15) is 11.2 Å². The number of amides is 1. The second-order valence-corrected chi connectivity index (χ2v) is 13.5. The molecule has 0 aliphatic carbocycles. The molecule has 0 radical (unpaired) electrons. The van der Waals surface area contributed by atoms with Gasteiger partial charge in [0.25, 0.3) is 0 Å². The van der Waals surface area contributed by atoms with Gasteiger partial charge in [-0.3, -0.25) is 4.98 Å². The van der Waals surface area contributed by atoms with Gasteiger partial charge in [-0.2, -0.15) is 4.98 Å². The first-order valence-electron chi connectivity index (χ1n) is 14.6. The molecule has 2 fully saturated rings. The summed E-state index contributed by atoms with van der Waals surface area (Å²) in [7, 11) is 2.07. The third kappa shape index (κ3) is 5.88. The minimum absolute atomic E-state index is 0.217. The molecule has 1 N–H and O–H groups in total. The van der Waals surface area contributed by atoms with Gasteiger partial charge in [-0.1, -0.05) is 50.2 Å². The first-order chi connectivity index (χ1) is 19.3. The van der Waals surface area contributed by atoms with E-state index in [0.29, 0.717) is 48.3 Å². The van der Waals surface area contributed by atoms with Crippen molar-refractivity contribution in [2.45, 2.75) is 71.5 Å². The average molecular weight is 562 g/mol. The molecule has 2 saturated heterocycles. The molecule has 4 heterocycles. The molecule has 9 nitrogen and oxygen atoms in total. The predicted molar refractivity (Wildman–Crippen MR) is 156 cm³/mol. The van der Waals surface area contributed by atoms with Crippen LogP contribution in [0.25, 0.3) is 11.4 Å². The van der Waals surface area contributed by atoms with Crippen LogP contribution in [0.5, 0.6) is 0 Å². The van der Waals surface area contributed by atoms with Crippen molar-refractivity contribution in [3.63, 3.8) is 0 Å². The molecule has 41 heavy (non-hydrogen) atoms. The van der Waals surface area contributed by atoms with Gasteiger partial charge < -0.3 is 24.2 Å². The Morgan fingerprint density at radius 2 is 1.88 bits per heavy atom. The van der Waals surface area contributed by atoms with Gasteiger partial charge in [-0.05, 0) is 63.3 Å². The predicted octanol–water partition coefficient (Wildman–Crippen LogP) is 5.24. The minimum Gasteiger partial charge on any atom is -0.444 e. The topological polar surface area (TPSA) is 105 Å². The molecule has 1 aromatic carbocycles. The Kier molecular flexibility index (Phi) is 7.72. The fourth-order valence-electron chi connectivity index (χ4n) is 6.30. The zero-order valence-corrected chi connectivity index (χ0v) is 25.3. The van der Waals surface area contributed by atoms with E-state index in [1.54, 1.807) is 17.3 Å². The van der Waals surface area contributed by atoms with Crippen LogP contribution in [0.4, 0.5) is 4.79 Å². The quantitative estimate of drug-likeness (QED) is 0.418. The van der Waals surface area contributed by atoms with Crippen LogP contribution in [0, 0.1) is 11.3 Å². The lowest BCUT2D eigenvalue weighted by Gasteiger charge is -2.55. The van der Waals surface area contributed by atoms with E-state index in [9.17, 15) is 9.90 Å². The van der Waals surface area contributed by atoms with E-state index in [4.69, 9.17) is 9.26 Å². The number of hydrogen-bond acceptors (Lipinski definition) is 8. The maximum atomic E-state index is 12.5. The number of carbonyl (C=O) groups is 1. The van der Waals surface area contributed by atoms with E-state index in [-0.39, 0.29) is 12.0 Å². The van der Waals surface area contributed by atoms with E-state index < -0.39 is 16.6 Å². The second kappa shape index (κ2) is 10.8. The summed E-state index contributed by atoms with van der Waals surface area (Å²) in [6.45, 7) is 14.8. The van der Waals surface area contributed by atoms with Crippen LogP contribution in [0.1, 0.15) is 76.5 Å². The van der Waals surface area contributed by atoms with Crippen LogP contribution in [-0.4, -0.2) is 75.0 Å². The number of aromatic nitrogens is 3. The molecule has 2 aliphatic heterocycles. The Bertz CT molecular complexity index is 1370. The zero-order valence-electron chi connectivity index (χ0n) is 25.3. The first kappa shape index (κ1) is 29.2. The highest BCUT2D eigenvalue weighted by molar-refractivity contribution is 5.68. The fourth-order valence-corrected chi connectivity index (χ4v) is 6.30. The third-order valence-corrected chi connectivity index (χ3v) is 8.39. The molecule has 5 rings (SSSR count). The van der Waals surface area contributed by atoms with Crippen LogP contribution < -0.4 is 0 Å². The number of nitrogens with zero attached hydrogens (tertiary/aromatic N) is 5. The molecular formula is C32H43N5O4. The Balaban J connectivity index is 1.36. The number of likely N-dealkylation sites (tertiary alicyclic amines) is 2. The van der Waals surface area contributed by atoms with Crippen LogP contribution in [-0.2, 0) is 16.8 Å². The summed E-state index contributed by atoms with van der Waals surface area (Å²) in [6, 6.07) is 10.2.